The minimum atomic E-state index is -1.67. The molecule has 0 aliphatic heterocycles. The van der Waals surface area contributed by atoms with Gasteiger partial charge in [0.2, 0.25) is 0 Å². The highest BCUT2D eigenvalue weighted by atomic mass is 28.4. The van der Waals surface area contributed by atoms with Crippen LogP contribution in [0.15, 0.2) is 0 Å². The first-order valence-corrected chi connectivity index (χ1v) is 12.3. The van der Waals surface area contributed by atoms with E-state index in [2.05, 4.69) is 40.0 Å². The maximum atomic E-state index is 6.01. The van der Waals surface area contributed by atoms with Gasteiger partial charge in [-0.3, -0.25) is 0 Å². The average molecular weight is 264 g/mol. The number of nitrogens with two attached hydrogens (primary N) is 1. The van der Waals surface area contributed by atoms with Gasteiger partial charge in [0.1, 0.15) is 0 Å². The molecule has 0 aromatic carbocycles. The minimum Gasteiger partial charge on any atom is -0.418 e. The zero-order valence-corrected chi connectivity index (χ0v) is 13.8. The second kappa shape index (κ2) is 6.91. The molecule has 0 rings (SSSR count). The highest BCUT2D eigenvalue weighted by Crippen LogP contribution is 2.36. The van der Waals surface area contributed by atoms with E-state index < -0.39 is 16.6 Å². The van der Waals surface area contributed by atoms with Gasteiger partial charge >= 0.3 is 0 Å². The number of hydrogen-bond acceptors (Lipinski definition) is 3. The van der Waals surface area contributed by atoms with Gasteiger partial charge in [0.05, 0.1) is 0 Å². The summed E-state index contributed by atoms with van der Waals surface area (Å²) < 4.78 is 12.0. The van der Waals surface area contributed by atoms with E-state index in [9.17, 15) is 0 Å². The molecule has 0 spiro atoms. The fourth-order valence-electron chi connectivity index (χ4n) is 2.64. The van der Waals surface area contributed by atoms with E-state index in [1.165, 1.54) is 0 Å². The Balaban J connectivity index is 4.83. The van der Waals surface area contributed by atoms with Gasteiger partial charge in [-0.15, -0.1) is 0 Å². The van der Waals surface area contributed by atoms with E-state index in [0.29, 0.717) is 5.16 Å². The summed E-state index contributed by atoms with van der Waals surface area (Å²) >= 11 is 0. The monoisotopic (exact) mass is 263 g/mol. The molecular formula is C11H29NO2Si2. The Kier molecular flexibility index (Phi) is 7.04. The highest BCUT2D eigenvalue weighted by molar-refractivity contribution is 6.91. The Morgan fingerprint density at radius 3 is 1.56 bits per heavy atom. The van der Waals surface area contributed by atoms with Crippen LogP contribution in [0, 0.1) is 0 Å². The minimum absolute atomic E-state index is 0.574. The molecule has 0 bridgehead atoms. The van der Waals surface area contributed by atoms with Gasteiger partial charge in [-0.1, -0.05) is 0 Å². The number of rotatable bonds is 8. The molecule has 0 atom stereocenters. The Morgan fingerprint density at radius 2 is 1.31 bits per heavy atom. The summed E-state index contributed by atoms with van der Waals surface area (Å²) in [6, 6.07) is 0. The van der Waals surface area contributed by atoms with E-state index in [1.54, 1.807) is 0 Å². The van der Waals surface area contributed by atoms with E-state index in [-0.39, 0.29) is 0 Å². The Hall–Kier alpha value is 0.314. The Bertz CT molecular complexity index is 180. The zero-order valence-electron chi connectivity index (χ0n) is 11.8. The van der Waals surface area contributed by atoms with Gasteiger partial charge in [0.25, 0.3) is 0 Å². The van der Waals surface area contributed by atoms with Crippen LogP contribution < -0.4 is 5.73 Å². The SMILES string of the molecule is CCO[Si](C)(C)C(CCN)[Si](C)(C)OCC. The largest absolute Gasteiger partial charge is 0.418 e. The summed E-state index contributed by atoms with van der Waals surface area (Å²) in [5.74, 6) is 0. The van der Waals surface area contributed by atoms with Crippen LogP contribution in [0.2, 0.25) is 31.4 Å². The highest BCUT2D eigenvalue weighted by Gasteiger charge is 2.45. The molecule has 0 saturated carbocycles. The van der Waals surface area contributed by atoms with Gasteiger partial charge in [-0.2, -0.15) is 0 Å². The molecule has 3 nitrogen and oxygen atoms in total. The molecule has 0 aliphatic carbocycles. The molecule has 5 heteroatoms. The van der Waals surface area contributed by atoms with E-state index >= 15 is 0 Å². The van der Waals surface area contributed by atoms with Crippen LogP contribution in [0.25, 0.3) is 0 Å². The molecule has 2 N–H and O–H groups in total. The summed E-state index contributed by atoms with van der Waals surface area (Å²) in [6.07, 6.45) is 1.04. The van der Waals surface area contributed by atoms with Crippen molar-refractivity contribution in [2.24, 2.45) is 5.73 Å². The summed E-state index contributed by atoms with van der Waals surface area (Å²) in [6.45, 7) is 15.7. The van der Waals surface area contributed by atoms with E-state index in [0.717, 1.165) is 26.2 Å². The fraction of sp³-hybridized carbons (Fsp3) is 1.00. The fourth-order valence-corrected chi connectivity index (χ4v) is 13.5. The predicted octanol–water partition coefficient (Wildman–Crippen LogP) is 2.73. The molecule has 0 saturated heterocycles. The molecule has 0 aromatic heterocycles. The van der Waals surface area contributed by atoms with Crippen molar-refractivity contribution >= 4 is 16.6 Å². The summed E-state index contributed by atoms with van der Waals surface area (Å²) in [5, 5.41) is 0.574. The Morgan fingerprint density at radius 1 is 0.938 bits per heavy atom. The lowest BCUT2D eigenvalue weighted by Crippen LogP contribution is -2.52. The maximum Gasteiger partial charge on any atom is 0.189 e. The molecular weight excluding hydrogens is 234 g/mol. The van der Waals surface area contributed by atoms with E-state index in [4.69, 9.17) is 14.6 Å². The molecule has 0 unspecified atom stereocenters. The quantitative estimate of drug-likeness (QED) is 0.685. The lowest BCUT2D eigenvalue weighted by atomic mass is 10.5. The van der Waals surface area contributed by atoms with Crippen LogP contribution in [0.3, 0.4) is 0 Å². The molecule has 0 aromatic rings. The smallest absolute Gasteiger partial charge is 0.189 e. The third kappa shape index (κ3) is 4.67. The second-order valence-electron chi connectivity index (χ2n) is 5.20. The van der Waals surface area contributed by atoms with Gasteiger partial charge < -0.3 is 14.6 Å². The third-order valence-electron chi connectivity index (χ3n) is 3.17. The maximum absolute atomic E-state index is 6.01. The summed E-state index contributed by atoms with van der Waals surface area (Å²) in [5.41, 5.74) is 5.75. The van der Waals surface area contributed by atoms with Crippen LogP contribution in [0.1, 0.15) is 20.3 Å². The lowest BCUT2D eigenvalue weighted by molar-refractivity contribution is 0.301. The lowest BCUT2D eigenvalue weighted by Gasteiger charge is -2.40. The van der Waals surface area contributed by atoms with Crippen molar-refractivity contribution in [1.29, 1.82) is 0 Å². The van der Waals surface area contributed by atoms with Crippen molar-refractivity contribution in [2.75, 3.05) is 19.8 Å². The van der Waals surface area contributed by atoms with Crippen molar-refractivity contribution in [3.8, 4) is 0 Å². The molecule has 98 valence electrons. The van der Waals surface area contributed by atoms with Crippen LogP contribution >= 0.6 is 0 Å². The van der Waals surface area contributed by atoms with Crippen molar-refractivity contribution in [3.05, 3.63) is 0 Å². The average Bonchev–Trinajstić information content (AvgIpc) is 2.13. The Labute approximate surface area is 103 Å². The van der Waals surface area contributed by atoms with Crippen LogP contribution in [-0.2, 0) is 8.85 Å². The molecule has 0 aliphatic rings. The van der Waals surface area contributed by atoms with Crippen LogP contribution in [0.4, 0.5) is 0 Å². The first kappa shape index (κ1) is 16.3. The second-order valence-corrected chi connectivity index (χ2v) is 14.2. The zero-order chi connectivity index (χ0) is 12.8. The van der Waals surface area contributed by atoms with Gasteiger partial charge in [-0.25, -0.2) is 0 Å². The molecule has 0 fully saturated rings. The molecule has 0 amide bonds. The topological polar surface area (TPSA) is 44.5 Å². The number of hydrogen-bond donors (Lipinski definition) is 1. The molecule has 0 radical (unpaired) electrons. The van der Waals surface area contributed by atoms with Crippen molar-refractivity contribution < 1.29 is 8.85 Å². The standard InChI is InChI=1S/C11H29NO2Si2/c1-7-13-15(3,4)11(9-10-12)16(5,6)14-8-2/h11H,7-10,12H2,1-6H3. The summed E-state index contributed by atoms with van der Waals surface area (Å²) in [7, 11) is -3.34. The first-order valence-electron chi connectivity index (χ1n) is 6.29. The third-order valence-corrected chi connectivity index (χ3v) is 13.3. The van der Waals surface area contributed by atoms with Crippen molar-refractivity contribution in [3.63, 3.8) is 0 Å². The van der Waals surface area contributed by atoms with E-state index in [1.807, 2.05) is 0 Å². The normalized spacial score (nSPS) is 13.5. The van der Waals surface area contributed by atoms with Crippen molar-refractivity contribution in [1.82, 2.24) is 0 Å². The molecule has 0 heterocycles. The van der Waals surface area contributed by atoms with Crippen LogP contribution in [-0.4, -0.2) is 36.4 Å². The van der Waals surface area contributed by atoms with Gasteiger partial charge in [0.15, 0.2) is 16.6 Å². The summed E-state index contributed by atoms with van der Waals surface area (Å²) in [4.78, 5) is 0. The van der Waals surface area contributed by atoms with Crippen molar-refractivity contribution in [2.45, 2.75) is 51.6 Å². The van der Waals surface area contributed by atoms with Gasteiger partial charge in [0, 0.05) is 13.2 Å². The molecule has 16 heavy (non-hydrogen) atoms. The first-order chi connectivity index (χ1) is 7.31. The predicted molar refractivity (Wildman–Crippen MR) is 75.6 cm³/mol. The van der Waals surface area contributed by atoms with Crippen LogP contribution in [0.5, 0.6) is 0 Å². The van der Waals surface area contributed by atoms with Gasteiger partial charge in [-0.05, 0) is 58.2 Å².